The van der Waals surface area contributed by atoms with E-state index < -0.39 is 6.10 Å². The molecule has 4 heteroatoms. The predicted molar refractivity (Wildman–Crippen MR) is 87.3 cm³/mol. The molecular formula is C17H25BrFNO. The molecule has 118 valence electrons. The molecule has 2 rings (SSSR count). The summed E-state index contributed by atoms with van der Waals surface area (Å²) >= 11 is 3.36. The van der Waals surface area contributed by atoms with Gasteiger partial charge in [0.05, 0.1) is 6.10 Å². The highest BCUT2D eigenvalue weighted by atomic mass is 79.9. The van der Waals surface area contributed by atoms with Crippen molar-refractivity contribution in [1.29, 1.82) is 0 Å². The number of halogens is 2. The van der Waals surface area contributed by atoms with Crippen LogP contribution in [-0.4, -0.2) is 11.7 Å². The Morgan fingerprint density at radius 2 is 2.00 bits per heavy atom. The first kappa shape index (κ1) is 16.9. The van der Waals surface area contributed by atoms with Gasteiger partial charge in [0.15, 0.2) is 0 Å². The van der Waals surface area contributed by atoms with E-state index in [-0.39, 0.29) is 11.2 Å². The molecular weight excluding hydrogens is 333 g/mol. The summed E-state index contributed by atoms with van der Waals surface area (Å²) in [6.45, 7) is 4.98. The van der Waals surface area contributed by atoms with Crippen LogP contribution in [0.15, 0.2) is 22.7 Å². The number of rotatable bonds is 4. The lowest BCUT2D eigenvalue weighted by Crippen LogP contribution is -2.41. The zero-order valence-electron chi connectivity index (χ0n) is 12.8. The summed E-state index contributed by atoms with van der Waals surface area (Å²) < 4.78 is 13.9. The van der Waals surface area contributed by atoms with E-state index in [2.05, 4.69) is 29.8 Å². The molecule has 1 aromatic rings. The van der Waals surface area contributed by atoms with Crippen LogP contribution in [0, 0.1) is 23.1 Å². The Hall–Kier alpha value is -0.450. The molecule has 0 aliphatic heterocycles. The summed E-state index contributed by atoms with van der Waals surface area (Å²) in [4.78, 5) is 0. The SMILES string of the molecule is CC(C)C1CCC(CN)(C(O)c2ccc(F)cc2Br)CC1. The molecule has 0 aromatic heterocycles. The monoisotopic (exact) mass is 357 g/mol. The summed E-state index contributed by atoms with van der Waals surface area (Å²) in [6.07, 6.45) is 3.41. The van der Waals surface area contributed by atoms with Crippen LogP contribution in [0.2, 0.25) is 0 Å². The average molecular weight is 358 g/mol. The molecule has 1 aromatic carbocycles. The van der Waals surface area contributed by atoms with Crippen LogP contribution in [0.25, 0.3) is 0 Å². The van der Waals surface area contributed by atoms with Crippen LogP contribution in [0.1, 0.15) is 51.2 Å². The largest absolute Gasteiger partial charge is 0.388 e. The van der Waals surface area contributed by atoms with Gasteiger partial charge < -0.3 is 10.8 Å². The molecule has 0 heterocycles. The van der Waals surface area contributed by atoms with Gasteiger partial charge in [-0.15, -0.1) is 0 Å². The Morgan fingerprint density at radius 3 is 2.48 bits per heavy atom. The Bertz CT molecular complexity index is 484. The van der Waals surface area contributed by atoms with Crippen molar-refractivity contribution < 1.29 is 9.50 Å². The molecule has 0 amide bonds. The number of nitrogens with two attached hydrogens (primary N) is 1. The fraction of sp³-hybridized carbons (Fsp3) is 0.647. The molecule has 1 aliphatic rings. The highest BCUT2D eigenvalue weighted by Gasteiger charge is 2.41. The van der Waals surface area contributed by atoms with Gasteiger partial charge in [0.2, 0.25) is 0 Å². The number of hydrogen-bond acceptors (Lipinski definition) is 2. The Labute approximate surface area is 135 Å². The standard InChI is InChI=1S/C17H25BrFNO/c1-11(2)12-5-7-17(10-20,8-6-12)16(21)14-4-3-13(19)9-15(14)18/h3-4,9,11-12,16,21H,5-8,10,20H2,1-2H3. The Kier molecular flexibility index (Phi) is 5.44. The predicted octanol–water partition coefficient (Wildman–Crippen LogP) is 4.41. The molecule has 3 N–H and O–H groups in total. The zero-order valence-corrected chi connectivity index (χ0v) is 14.4. The van der Waals surface area contributed by atoms with Crippen LogP contribution >= 0.6 is 15.9 Å². The third-order valence-electron chi connectivity index (χ3n) is 5.21. The van der Waals surface area contributed by atoms with E-state index in [1.807, 2.05) is 0 Å². The maximum absolute atomic E-state index is 13.2. The summed E-state index contributed by atoms with van der Waals surface area (Å²) in [5, 5.41) is 10.9. The molecule has 1 fully saturated rings. The lowest BCUT2D eigenvalue weighted by atomic mass is 9.64. The van der Waals surface area contributed by atoms with Crippen LogP contribution in [0.3, 0.4) is 0 Å². The molecule has 0 saturated heterocycles. The molecule has 0 radical (unpaired) electrons. The van der Waals surface area contributed by atoms with E-state index in [1.54, 1.807) is 6.07 Å². The summed E-state index contributed by atoms with van der Waals surface area (Å²) in [5.74, 6) is 1.09. The Morgan fingerprint density at radius 1 is 1.38 bits per heavy atom. The van der Waals surface area contributed by atoms with Crippen molar-refractivity contribution in [2.24, 2.45) is 23.0 Å². The minimum atomic E-state index is -0.648. The third-order valence-corrected chi connectivity index (χ3v) is 5.90. The summed E-state index contributed by atoms with van der Waals surface area (Å²) in [5.41, 5.74) is 6.48. The van der Waals surface area contributed by atoms with Crippen molar-refractivity contribution in [2.75, 3.05) is 6.54 Å². The fourth-order valence-electron chi connectivity index (χ4n) is 3.52. The third kappa shape index (κ3) is 3.49. The second-order valence-corrected chi connectivity index (χ2v) is 7.57. The van der Waals surface area contributed by atoms with E-state index in [4.69, 9.17) is 5.73 Å². The number of aliphatic hydroxyl groups is 1. The highest BCUT2D eigenvalue weighted by Crippen LogP contribution is 2.49. The van der Waals surface area contributed by atoms with Crippen LogP contribution in [0.5, 0.6) is 0 Å². The zero-order chi connectivity index (χ0) is 15.6. The van der Waals surface area contributed by atoms with E-state index in [0.717, 1.165) is 31.2 Å². The van der Waals surface area contributed by atoms with E-state index in [9.17, 15) is 9.50 Å². The van der Waals surface area contributed by atoms with Gasteiger partial charge in [-0.3, -0.25) is 0 Å². The van der Waals surface area contributed by atoms with Crippen LogP contribution < -0.4 is 5.73 Å². The van der Waals surface area contributed by atoms with Gasteiger partial charge in [0.1, 0.15) is 5.82 Å². The molecule has 1 aliphatic carbocycles. The van der Waals surface area contributed by atoms with Crippen molar-refractivity contribution in [3.8, 4) is 0 Å². The van der Waals surface area contributed by atoms with Gasteiger partial charge in [-0.2, -0.15) is 0 Å². The second-order valence-electron chi connectivity index (χ2n) is 6.72. The van der Waals surface area contributed by atoms with Gasteiger partial charge in [0, 0.05) is 16.4 Å². The molecule has 0 spiro atoms. The lowest BCUT2D eigenvalue weighted by molar-refractivity contribution is -0.0152. The average Bonchev–Trinajstić information content (AvgIpc) is 2.46. The molecule has 21 heavy (non-hydrogen) atoms. The lowest BCUT2D eigenvalue weighted by Gasteiger charge is -2.44. The van der Waals surface area contributed by atoms with E-state index in [0.29, 0.717) is 22.9 Å². The van der Waals surface area contributed by atoms with Crippen LogP contribution in [0.4, 0.5) is 4.39 Å². The van der Waals surface area contributed by atoms with Gasteiger partial charge in [-0.1, -0.05) is 35.8 Å². The molecule has 0 bridgehead atoms. The van der Waals surface area contributed by atoms with Crippen molar-refractivity contribution in [3.63, 3.8) is 0 Å². The topological polar surface area (TPSA) is 46.2 Å². The number of benzene rings is 1. The van der Waals surface area contributed by atoms with E-state index in [1.165, 1.54) is 12.1 Å². The van der Waals surface area contributed by atoms with Gasteiger partial charge in [-0.05, 0) is 55.2 Å². The first-order chi connectivity index (χ1) is 9.89. The van der Waals surface area contributed by atoms with Crippen LogP contribution in [-0.2, 0) is 0 Å². The fourth-order valence-corrected chi connectivity index (χ4v) is 4.09. The van der Waals surface area contributed by atoms with Crippen molar-refractivity contribution >= 4 is 15.9 Å². The van der Waals surface area contributed by atoms with Gasteiger partial charge >= 0.3 is 0 Å². The van der Waals surface area contributed by atoms with Gasteiger partial charge in [0.25, 0.3) is 0 Å². The van der Waals surface area contributed by atoms with Crippen molar-refractivity contribution in [1.82, 2.24) is 0 Å². The minimum Gasteiger partial charge on any atom is -0.388 e. The first-order valence-electron chi connectivity index (χ1n) is 7.72. The quantitative estimate of drug-likeness (QED) is 0.837. The number of hydrogen-bond donors (Lipinski definition) is 2. The van der Waals surface area contributed by atoms with E-state index >= 15 is 0 Å². The number of aliphatic hydroxyl groups excluding tert-OH is 1. The van der Waals surface area contributed by atoms with Crippen molar-refractivity contribution in [2.45, 2.75) is 45.6 Å². The second kappa shape index (κ2) is 6.76. The summed E-state index contributed by atoms with van der Waals surface area (Å²) in [7, 11) is 0. The van der Waals surface area contributed by atoms with Gasteiger partial charge in [-0.25, -0.2) is 4.39 Å². The minimum absolute atomic E-state index is 0.286. The molecule has 2 nitrogen and oxygen atoms in total. The smallest absolute Gasteiger partial charge is 0.124 e. The maximum Gasteiger partial charge on any atom is 0.124 e. The molecule has 1 saturated carbocycles. The molecule has 1 atom stereocenters. The first-order valence-corrected chi connectivity index (χ1v) is 8.52. The maximum atomic E-state index is 13.2. The molecule has 1 unspecified atom stereocenters. The summed E-state index contributed by atoms with van der Waals surface area (Å²) in [6, 6.07) is 4.46. The van der Waals surface area contributed by atoms with Crippen molar-refractivity contribution in [3.05, 3.63) is 34.1 Å². The Balaban J connectivity index is 2.21. The normalized spacial score (nSPS) is 27.9. The highest BCUT2D eigenvalue weighted by molar-refractivity contribution is 9.10.